The molecule has 1 heterocycles. The third kappa shape index (κ3) is 10.8. The lowest BCUT2D eigenvalue weighted by Crippen LogP contribution is -2.39. The zero-order chi connectivity index (χ0) is 33.3. The summed E-state index contributed by atoms with van der Waals surface area (Å²) in [4.78, 5) is 63.3. The molecule has 0 saturated carbocycles. The first-order valence-electron chi connectivity index (χ1n) is 14.1. The van der Waals surface area contributed by atoms with Gasteiger partial charge in [0.25, 0.3) is 5.69 Å². The van der Waals surface area contributed by atoms with Crippen molar-refractivity contribution in [2.45, 2.75) is 80.8 Å². The summed E-state index contributed by atoms with van der Waals surface area (Å²) in [6.45, 7) is 14.9. The molecule has 1 aliphatic rings. The zero-order valence-electron chi connectivity index (χ0n) is 26.7. The van der Waals surface area contributed by atoms with E-state index >= 15 is 0 Å². The van der Waals surface area contributed by atoms with E-state index in [1.807, 2.05) is 27.7 Å². The van der Waals surface area contributed by atoms with Crippen LogP contribution in [-0.4, -0.2) is 67.0 Å². The molecule has 0 bridgehead atoms. The number of carbonyl (C=O) groups excluding carboxylic acids is 4. The van der Waals surface area contributed by atoms with Gasteiger partial charge in [-0.2, -0.15) is 0 Å². The average Bonchev–Trinajstić information content (AvgIpc) is 2.98. The van der Waals surface area contributed by atoms with Gasteiger partial charge in [-0.1, -0.05) is 46.8 Å². The fraction of sp³-hybridized carbons (Fsp3) is 0.533. The Bertz CT molecular complexity index is 1190. The van der Waals surface area contributed by atoms with Gasteiger partial charge < -0.3 is 23.7 Å². The fourth-order valence-corrected chi connectivity index (χ4v) is 3.90. The van der Waals surface area contributed by atoms with Crippen molar-refractivity contribution < 1.29 is 47.8 Å². The molecule has 2 rings (SSSR count). The van der Waals surface area contributed by atoms with Crippen LogP contribution in [-0.2, 0) is 38.1 Å². The van der Waals surface area contributed by atoms with Crippen molar-refractivity contribution in [1.29, 1.82) is 0 Å². The van der Waals surface area contributed by atoms with Gasteiger partial charge in [0.2, 0.25) is 6.79 Å². The van der Waals surface area contributed by atoms with Crippen LogP contribution in [0.1, 0.15) is 80.2 Å². The number of nitrogens with zero attached hydrogens (tertiary/aromatic N) is 2. The summed E-state index contributed by atoms with van der Waals surface area (Å²) in [5.41, 5.74) is -0.228. The first-order chi connectivity index (χ1) is 20.4. The van der Waals surface area contributed by atoms with Gasteiger partial charge in [-0.05, 0) is 33.3 Å². The van der Waals surface area contributed by atoms with E-state index in [1.54, 1.807) is 20.8 Å². The maximum Gasteiger partial charge on any atom is 0.421 e. The Labute approximate surface area is 252 Å². The molecule has 13 nitrogen and oxygen atoms in total. The number of esters is 3. The molecule has 13 heteroatoms. The second kappa shape index (κ2) is 19.8. The van der Waals surface area contributed by atoms with E-state index in [9.17, 15) is 29.3 Å². The van der Waals surface area contributed by atoms with Crippen molar-refractivity contribution in [3.8, 4) is 0 Å². The van der Waals surface area contributed by atoms with Gasteiger partial charge in [-0.3, -0.25) is 19.8 Å². The summed E-state index contributed by atoms with van der Waals surface area (Å²) in [6.07, 6.45) is -1.54. The number of hydrogen-bond donors (Lipinski definition) is 0. The van der Waals surface area contributed by atoms with E-state index in [-0.39, 0.29) is 53.4 Å². The second-order valence-corrected chi connectivity index (χ2v) is 8.60. The van der Waals surface area contributed by atoms with E-state index in [2.05, 4.69) is 0 Å². The van der Waals surface area contributed by atoms with Crippen molar-refractivity contribution in [2.75, 3.05) is 27.1 Å². The molecule has 0 aliphatic carbocycles. The van der Waals surface area contributed by atoms with Crippen LogP contribution in [0.3, 0.4) is 0 Å². The Kier molecular flexibility index (Phi) is 17.8. The Morgan fingerprint density at radius 3 is 2.02 bits per heavy atom. The van der Waals surface area contributed by atoms with Gasteiger partial charge in [-0.15, -0.1) is 0 Å². The maximum absolute atomic E-state index is 13.4. The van der Waals surface area contributed by atoms with E-state index in [4.69, 9.17) is 23.7 Å². The van der Waals surface area contributed by atoms with E-state index < -0.39 is 47.7 Å². The van der Waals surface area contributed by atoms with Crippen LogP contribution >= 0.6 is 0 Å². The van der Waals surface area contributed by atoms with Crippen LogP contribution in [0.4, 0.5) is 10.5 Å². The van der Waals surface area contributed by atoms with Crippen LogP contribution in [0, 0.1) is 10.1 Å². The highest BCUT2D eigenvalue weighted by Crippen LogP contribution is 2.44. The minimum absolute atomic E-state index is 0.0411. The van der Waals surface area contributed by atoms with Crippen molar-refractivity contribution in [3.63, 3.8) is 0 Å². The smallest absolute Gasteiger partial charge is 0.421 e. The minimum Gasteiger partial charge on any atom is -0.460 e. The van der Waals surface area contributed by atoms with Crippen molar-refractivity contribution >= 4 is 29.7 Å². The number of nitro groups is 1. The minimum atomic E-state index is -1.19. The average molecular weight is 609 g/mol. The number of ether oxygens (including phenoxy) is 5. The summed E-state index contributed by atoms with van der Waals surface area (Å²) in [7, 11) is 1.42. The number of nitro benzene ring substituents is 1. The summed E-state index contributed by atoms with van der Waals surface area (Å²) >= 11 is 0. The Morgan fingerprint density at radius 1 is 0.930 bits per heavy atom. The predicted octanol–water partition coefficient (Wildman–Crippen LogP) is 5.78. The Balaban J connectivity index is 0.00000422. The molecular weight excluding hydrogens is 564 g/mol. The van der Waals surface area contributed by atoms with Gasteiger partial charge >= 0.3 is 24.0 Å². The summed E-state index contributed by atoms with van der Waals surface area (Å²) < 4.78 is 25.6. The topological polar surface area (TPSA) is 161 Å². The predicted molar refractivity (Wildman–Crippen MR) is 158 cm³/mol. The molecule has 0 aromatic heterocycles. The first kappa shape index (κ1) is 38.7. The van der Waals surface area contributed by atoms with Crippen LogP contribution in [0.15, 0.2) is 46.8 Å². The third-order valence-corrected chi connectivity index (χ3v) is 5.62. The molecule has 43 heavy (non-hydrogen) atoms. The van der Waals surface area contributed by atoms with Crippen molar-refractivity contribution in [3.05, 3.63) is 62.5 Å². The molecule has 1 unspecified atom stereocenters. The van der Waals surface area contributed by atoms with Gasteiger partial charge in [0.1, 0.15) is 6.61 Å². The maximum atomic E-state index is 13.4. The lowest BCUT2D eigenvalue weighted by Gasteiger charge is -2.36. The molecular formula is C30H44N2O11. The normalized spacial score (nSPS) is 14.1. The molecule has 0 radical (unpaired) electrons. The lowest BCUT2D eigenvalue weighted by molar-refractivity contribution is -0.384. The molecule has 1 aromatic rings. The molecule has 0 saturated heterocycles. The molecule has 1 aromatic carbocycles. The highest BCUT2D eigenvalue weighted by Gasteiger charge is 2.43. The van der Waals surface area contributed by atoms with Crippen molar-refractivity contribution in [2.24, 2.45) is 0 Å². The number of methoxy groups -OCH3 is 1. The van der Waals surface area contributed by atoms with E-state index in [0.29, 0.717) is 0 Å². The quantitative estimate of drug-likeness (QED) is 0.0747. The zero-order valence-corrected chi connectivity index (χ0v) is 26.7. The van der Waals surface area contributed by atoms with Crippen LogP contribution in [0.25, 0.3) is 0 Å². The molecule has 1 aliphatic heterocycles. The van der Waals surface area contributed by atoms with Gasteiger partial charge in [0.05, 0.1) is 34.7 Å². The monoisotopic (exact) mass is 608 g/mol. The Hall–Kier alpha value is -4.26. The first-order valence-corrected chi connectivity index (χ1v) is 14.1. The number of non-ortho nitro benzene ring substituents is 1. The van der Waals surface area contributed by atoms with E-state index in [1.165, 1.54) is 45.2 Å². The standard InChI is InChI=1S/C26H32N2O11.2C2H6/c1-7-20(29)37-14-38-26(32)27-16(4)21(24(30)36-12-11-35-6)23(18-9-8-10-19(13-18)28(33)34)22(17(27)5)25(31)39-15(2)3;2*1-2/h8-10,13,15,23H,7,11-12,14H2,1-6H3;2*1-2H3. The summed E-state index contributed by atoms with van der Waals surface area (Å²) in [6, 6.07) is 5.43. The van der Waals surface area contributed by atoms with E-state index in [0.717, 1.165) is 4.90 Å². The number of allylic oxidation sites excluding steroid dienone is 2. The Morgan fingerprint density at radius 2 is 1.51 bits per heavy atom. The van der Waals surface area contributed by atoms with Gasteiger partial charge in [-0.25, -0.2) is 14.4 Å². The number of rotatable bonds is 11. The molecule has 240 valence electrons. The molecule has 0 spiro atoms. The largest absolute Gasteiger partial charge is 0.460 e. The fourth-order valence-electron chi connectivity index (χ4n) is 3.90. The molecule has 0 fully saturated rings. The van der Waals surface area contributed by atoms with Gasteiger partial charge in [0.15, 0.2) is 0 Å². The number of benzene rings is 1. The summed E-state index contributed by atoms with van der Waals surface area (Å²) in [5, 5.41) is 11.5. The number of amides is 1. The molecule has 1 amide bonds. The molecule has 0 N–H and O–H groups in total. The highest BCUT2D eigenvalue weighted by molar-refractivity contribution is 6.01. The van der Waals surface area contributed by atoms with Gasteiger partial charge in [0, 0.05) is 37.1 Å². The lowest BCUT2D eigenvalue weighted by atomic mass is 9.79. The highest BCUT2D eigenvalue weighted by atomic mass is 16.7. The van der Waals surface area contributed by atoms with Crippen LogP contribution < -0.4 is 0 Å². The third-order valence-electron chi connectivity index (χ3n) is 5.62. The second-order valence-electron chi connectivity index (χ2n) is 8.60. The SMILES string of the molecule is CC.CC.CCC(=O)OCOC(=O)N1C(C)=C(C(=O)OCCOC)C(c2cccc([N+](=O)[O-])c2)C(C(=O)OC(C)C)=C1C. The van der Waals surface area contributed by atoms with Crippen molar-refractivity contribution in [1.82, 2.24) is 4.90 Å². The van der Waals surface area contributed by atoms with Crippen LogP contribution in [0.2, 0.25) is 0 Å². The molecule has 1 atom stereocenters. The van der Waals surface area contributed by atoms with Crippen LogP contribution in [0.5, 0.6) is 0 Å². The number of carbonyl (C=O) groups is 4. The summed E-state index contributed by atoms with van der Waals surface area (Å²) in [5.74, 6) is -3.54. The number of hydrogen-bond acceptors (Lipinski definition) is 11.